The fraction of sp³-hybridized carbons (Fsp3) is 0.136. The van der Waals surface area contributed by atoms with Gasteiger partial charge in [-0.25, -0.2) is 4.99 Å². The van der Waals surface area contributed by atoms with E-state index in [1.54, 1.807) is 49.7 Å². The standard InChI is InChI=1S/C22H19N3O4/c1-27-15-6-8-16(9-7-15)29-20-10-11-23-14-18(20)21(26)25-19-5-3-2-4-17(19)22-24-12-13-28-22/h2-11,14H,12-13H2,1H3,(H,25,26). The van der Waals surface area contributed by atoms with Crippen LogP contribution < -0.4 is 14.8 Å². The third kappa shape index (κ3) is 4.19. The van der Waals surface area contributed by atoms with Crippen LogP contribution in [0.2, 0.25) is 0 Å². The molecule has 0 spiro atoms. The number of benzene rings is 2. The summed E-state index contributed by atoms with van der Waals surface area (Å²) in [6, 6.07) is 16.1. The Bertz CT molecular complexity index is 1050. The number of aromatic nitrogens is 1. The number of hydrogen-bond donors (Lipinski definition) is 1. The molecular formula is C22H19N3O4. The molecule has 0 aliphatic carbocycles. The average molecular weight is 389 g/mol. The van der Waals surface area contributed by atoms with Crippen LogP contribution in [0, 0.1) is 0 Å². The van der Waals surface area contributed by atoms with Gasteiger partial charge in [0.1, 0.15) is 29.4 Å². The van der Waals surface area contributed by atoms with E-state index in [2.05, 4.69) is 15.3 Å². The zero-order valence-corrected chi connectivity index (χ0v) is 15.8. The van der Waals surface area contributed by atoms with E-state index >= 15 is 0 Å². The molecule has 4 rings (SSSR count). The van der Waals surface area contributed by atoms with Crippen LogP contribution in [0.1, 0.15) is 15.9 Å². The molecule has 0 fully saturated rings. The fourth-order valence-corrected chi connectivity index (χ4v) is 2.88. The Kier molecular flexibility index (Phi) is 5.38. The van der Waals surface area contributed by atoms with Gasteiger partial charge in [0.25, 0.3) is 5.91 Å². The molecule has 0 radical (unpaired) electrons. The molecule has 7 nitrogen and oxygen atoms in total. The van der Waals surface area contributed by atoms with Crippen molar-refractivity contribution in [3.8, 4) is 17.2 Å². The number of anilines is 1. The predicted molar refractivity (Wildman–Crippen MR) is 109 cm³/mol. The highest BCUT2D eigenvalue weighted by Crippen LogP contribution is 2.27. The van der Waals surface area contributed by atoms with Crippen molar-refractivity contribution < 1.29 is 19.0 Å². The van der Waals surface area contributed by atoms with Gasteiger partial charge in [0.15, 0.2) is 0 Å². The number of hydrogen-bond acceptors (Lipinski definition) is 6. The van der Waals surface area contributed by atoms with Crippen LogP contribution in [-0.4, -0.2) is 37.1 Å². The van der Waals surface area contributed by atoms with E-state index in [0.717, 1.165) is 11.3 Å². The molecule has 0 bridgehead atoms. The number of methoxy groups -OCH3 is 1. The molecule has 0 saturated heterocycles. The number of para-hydroxylation sites is 1. The molecule has 0 atom stereocenters. The van der Waals surface area contributed by atoms with Crippen LogP contribution in [-0.2, 0) is 4.74 Å². The minimum Gasteiger partial charge on any atom is -0.497 e. The van der Waals surface area contributed by atoms with E-state index < -0.39 is 0 Å². The van der Waals surface area contributed by atoms with E-state index in [4.69, 9.17) is 14.2 Å². The summed E-state index contributed by atoms with van der Waals surface area (Å²) in [5, 5.41) is 2.91. The van der Waals surface area contributed by atoms with Gasteiger partial charge < -0.3 is 19.5 Å². The van der Waals surface area contributed by atoms with Gasteiger partial charge in [-0.3, -0.25) is 9.78 Å². The molecule has 1 aliphatic heterocycles. The van der Waals surface area contributed by atoms with Gasteiger partial charge in [0.05, 0.1) is 24.9 Å². The second-order valence-electron chi connectivity index (χ2n) is 6.18. The summed E-state index contributed by atoms with van der Waals surface area (Å²) < 4.78 is 16.6. The molecule has 1 N–H and O–H groups in total. The summed E-state index contributed by atoms with van der Waals surface area (Å²) in [5.41, 5.74) is 1.66. The van der Waals surface area contributed by atoms with E-state index in [9.17, 15) is 4.79 Å². The number of carbonyl (C=O) groups excluding carboxylic acids is 1. The molecule has 29 heavy (non-hydrogen) atoms. The first kappa shape index (κ1) is 18.5. The SMILES string of the molecule is COc1ccc(Oc2ccncc2C(=O)Nc2ccccc2C2=NCCO2)cc1. The normalized spacial score (nSPS) is 12.7. The largest absolute Gasteiger partial charge is 0.497 e. The van der Waals surface area contributed by atoms with Gasteiger partial charge in [-0.05, 0) is 42.5 Å². The van der Waals surface area contributed by atoms with Gasteiger partial charge in [-0.15, -0.1) is 0 Å². The second-order valence-corrected chi connectivity index (χ2v) is 6.18. The van der Waals surface area contributed by atoms with E-state index in [1.165, 1.54) is 6.20 Å². The lowest BCUT2D eigenvalue weighted by Crippen LogP contribution is -2.16. The summed E-state index contributed by atoms with van der Waals surface area (Å²) in [5.74, 6) is 1.89. The number of nitrogens with zero attached hydrogens (tertiary/aromatic N) is 2. The van der Waals surface area contributed by atoms with Crippen molar-refractivity contribution in [2.75, 3.05) is 25.6 Å². The number of rotatable bonds is 6. The number of pyridine rings is 1. The van der Waals surface area contributed by atoms with Crippen LogP contribution in [0.5, 0.6) is 17.2 Å². The highest BCUT2D eigenvalue weighted by molar-refractivity contribution is 6.10. The first-order chi connectivity index (χ1) is 14.2. The minimum absolute atomic E-state index is 0.312. The van der Waals surface area contributed by atoms with Gasteiger partial charge in [0.2, 0.25) is 5.90 Å². The van der Waals surface area contributed by atoms with Crippen molar-refractivity contribution in [3.05, 3.63) is 78.1 Å². The molecular weight excluding hydrogens is 370 g/mol. The first-order valence-electron chi connectivity index (χ1n) is 9.08. The van der Waals surface area contributed by atoms with Gasteiger partial charge in [-0.2, -0.15) is 0 Å². The Balaban J connectivity index is 1.57. The highest BCUT2D eigenvalue weighted by Gasteiger charge is 2.19. The smallest absolute Gasteiger partial charge is 0.261 e. The zero-order valence-electron chi connectivity index (χ0n) is 15.8. The Morgan fingerprint density at radius 2 is 1.86 bits per heavy atom. The summed E-state index contributed by atoms with van der Waals surface area (Å²) in [4.78, 5) is 21.4. The topological polar surface area (TPSA) is 82.0 Å². The molecule has 3 aromatic rings. The van der Waals surface area contributed by atoms with Gasteiger partial charge in [0, 0.05) is 12.4 Å². The Labute approximate surface area is 168 Å². The quantitative estimate of drug-likeness (QED) is 0.691. The van der Waals surface area contributed by atoms with Crippen LogP contribution >= 0.6 is 0 Å². The number of amides is 1. The summed E-state index contributed by atoms with van der Waals surface area (Å²) in [6.07, 6.45) is 3.05. The van der Waals surface area contributed by atoms with Crippen molar-refractivity contribution in [2.24, 2.45) is 4.99 Å². The average Bonchev–Trinajstić information content (AvgIpc) is 3.30. The third-order valence-corrected chi connectivity index (χ3v) is 4.30. The number of ether oxygens (including phenoxy) is 3. The molecule has 1 aliphatic rings. The maximum atomic E-state index is 13.0. The second kappa shape index (κ2) is 8.43. The first-order valence-corrected chi connectivity index (χ1v) is 9.08. The molecule has 7 heteroatoms. The molecule has 2 heterocycles. The molecule has 0 saturated carbocycles. The minimum atomic E-state index is -0.340. The van der Waals surface area contributed by atoms with E-state index in [1.807, 2.05) is 18.2 Å². The van der Waals surface area contributed by atoms with E-state index in [-0.39, 0.29) is 5.91 Å². The van der Waals surface area contributed by atoms with Gasteiger partial charge in [-0.1, -0.05) is 12.1 Å². The molecule has 0 unspecified atom stereocenters. The lowest BCUT2D eigenvalue weighted by molar-refractivity contribution is 0.102. The summed E-state index contributed by atoms with van der Waals surface area (Å²) in [7, 11) is 1.60. The van der Waals surface area contributed by atoms with Crippen molar-refractivity contribution in [2.45, 2.75) is 0 Å². The van der Waals surface area contributed by atoms with Crippen molar-refractivity contribution in [1.82, 2.24) is 4.98 Å². The predicted octanol–water partition coefficient (Wildman–Crippen LogP) is 3.91. The van der Waals surface area contributed by atoms with Crippen LogP contribution in [0.4, 0.5) is 5.69 Å². The molecule has 2 aromatic carbocycles. The number of nitrogens with one attached hydrogen (secondary N) is 1. The molecule has 1 aromatic heterocycles. The summed E-state index contributed by atoms with van der Waals surface area (Å²) >= 11 is 0. The maximum Gasteiger partial charge on any atom is 0.261 e. The van der Waals surface area contributed by atoms with Crippen molar-refractivity contribution in [3.63, 3.8) is 0 Å². The lowest BCUT2D eigenvalue weighted by Gasteiger charge is -2.13. The van der Waals surface area contributed by atoms with Crippen molar-refractivity contribution >= 4 is 17.5 Å². The Morgan fingerprint density at radius 3 is 2.62 bits per heavy atom. The molecule has 146 valence electrons. The monoisotopic (exact) mass is 389 g/mol. The van der Waals surface area contributed by atoms with Crippen LogP contribution in [0.25, 0.3) is 0 Å². The number of aliphatic imine (C=N–C) groups is 1. The van der Waals surface area contributed by atoms with E-state index in [0.29, 0.717) is 41.8 Å². The maximum absolute atomic E-state index is 13.0. The summed E-state index contributed by atoms with van der Waals surface area (Å²) in [6.45, 7) is 1.15. The molecule has 1 amide bonds. The highest BCUT2D eigenvalue weighted by atomic mass is 16.5. The Hall–Kier alpha value is -3.87. The third-order valence-electron chi connectivity index (χ3n) is 4.30. The van der Waals surface area contributed by atoms with Gasteiger partial charge >= 0.3 is 0 Å². The fourth-order valence-electron chi connectivity index (χ4n) is 2.88. The van der Waals surface area contributed by atoms with Crippen LogP contribution in [0.15, 0.2) is 72.0 Å². The Morgan fingerprint density at radius 1 is 1.07 bits per heavy atom. The zero-order chi connectivity index (χ0) is 20.1. The lowest BCUT2D eigenvalue weighted by atomic mass is 10.1. The number of carbonyl (C=O) groups is 1. The van der Waals surface area contributed by atoms with Crippen molar-refractivity contribution in [1.29, 1.82) is 0 Å². The van der Waals surface area contributed by atoms with Crippen LogP contribution in [0.3, 0.4) is 0 Å².